The van der Waals surface area contributed by atoms with Crippen molar-refractivity contribution in [2.24, 2.45) is 0 Å². The van der Waals surface area contributed by atoms with Gasteiger partial charge in [-0.3, -0.25) is 4.79 Å². The first-order valence-electron chi connectivity index (χ1n) is 7.19. The van der Waals surface area contributed by atoms with Crippen LogP contribution in [0.1, 0.15) is 6.42 Å². The summed E-state index contributed by atoms with van der Waals surface area (Å²) in [5.74, 6) is -1.44. The van der Waals surface area contributed by atoms with E-state index in [0.717, 1.165) is 12.1 Å². The molecule has 5 nitrogen and oxygen atoms in total. The van der Waals surface area contributed by atoms with Crippen molar-refractivity contribution in [2.75, 3.05) is 11.1 Å². The van der Waals surface area contributed by atoms with E-state index in [1.165, 1.54) is 36.4 Å². The minimum absolute atomic E-state index is 0.0448. The summed E-state index contributed by atoms with van der Waals surface area (Å²) >= 11 is 5.70. The van der Waals surface area contributed by atoms with Gasteiger partial charge in [-0.1, -0.05) is 11.6 Å². The Balaban J connectivity index is 1.91. The topological polar surface area (TPSA) is 72.5 Å². The molecule has 2 rings (SSSR count). The van der Waals surface area contributed by atoms with Crippen LogP contribution >= 0.6 is 11.6 Å². The van der Waals surface area contributed by atoms with Gasteiger partial charge in [-0.2, -0.15) is 0 Å². The number of halogens is 4. The van der Waals surface area contributed by atoms with Crippen molar-refractivity contribution in [3.8, 4) is 5.75 Å². The smallest absolute Gasteiger partial charge is 0.406 e. The standard InChI is InChI=1S/C16H13ClF3NO4S/c17-11-1-7-14(8-2-11)26(23,24)10-9-15(22)21-12-3-5-13(6-4-12)25-16(18,19)20/h1-8H,9-10H2,(H,21,22). The van der Waals surface area contributed by atoms with Crippen LogP contribution in [0.3, 0.4) is 0 Å². The fourth-order valence-corrected chi connectivity index (χ4v) is 3.32. The van der Waals surface area contributed by atoms with Crippen molar-refractivity contribution in [1.29, 1.82) is 0 Å². The second-order valence-electron chi connectivity index (χ2n) is 5.14. The Bertz CT molecular complexity index is 866. The first-order chi connectivity index (χ1) is 12.0. The minimum Gasteiger partial charge on any atom is -0.406 e. The average molecular weight is 408 g/mol. The summed E-state index contributed by atoms with van der Waals surface area (Å²) < 4.78 is 64.2. The molecule has 2 aromatic carbocycles. The van der Waals surface area contributed by atoms with Gasteiger partial charge in [0, 0.05) is 17.1 Å². The van der Waals surface area contributed by atoms with Gasteiger partial charge in [-0.15, -0.1) is 13.2 Å². The number of ether oxygens (including phenoxy) is 1. The van der Waals surface area contributed by atoms with E-state index in [2.05, 4.69) is 10.1 Å². The molecule has 140 valence electrons. The molecule has 10 heteroatoms. The lowest BCUT2D eigenvalue weighted by atomic mass is 10.3. The fraction of sp³-hybridized carbons (Fsp3) is 0.188. The molecule has 0 saturated heterocycles. The summed E-state index contributed by atoms with van der Waals surface area (Å²) in [4.78, 5) is 11.9. The number of amides is 1. The third-order valence-electron chi connectivity index (χ3n) is 3.14. The van der Waals surface area contributed by atoms with Crippen molar-refractivity contribution < 1.29 is 31.1 Å². The Kier molecular flexibility index (Phi) is 6.14. The number of nitrogens with one attached hydrogen (secondary N) is 1. The number of hydrogen-bond acceptors (Lipinski definition) is 4. The molecular formula is C16H13ClF3NO4S. The molecule has 2 aromatic rings. The van der Waals surface area contributed by atoms with E-state index in [4.69, 9.17) is 11.6 Å². The Morgan fingerprint density at radius 3 is 2.15 bits per heavy atom. The van der Waals surface area contributed by atoms with Crippen LogP contribution in [0.4, 0.5) is 18.9 Å². The zero-order chi connectivity index (χ0) is 19.4. The van der Waals surface area contributed by atoms with Gasteiger partial charge in [0.15, 0.2) is 9.84 Å². The summed E-state index contributed by atoms with van der Waals surface area (Å²) in [6.45, 7) is 0. The molecular weight excluding hydrogens is 395 g/mol. The molecule has 0 fully saturated rings. The number of rotatable bonds is 6. The van der Waals surface area contributed by atoms with Crippen molar-refractivity contribution in [3.63, 3.8) is 0 Å². The van der Waals surface area contributed by atoms with E-state index in [-0.39, 0.29) is 17.0 Å². The number of carbonyl (C=O) groups excluding carboxylic acids is 1. The van der Waals surface area contributed by atoms with Crippen LogP contribution in [0.2, 0.25) is 5.02 Å². The van der Waals surface area contributed by atoms with Gasteiger partial charge < -0.3 is 10.1 Å². The maximum Gasteiger partial charge on any atom is 0.573 e. The van der Waals surface area contributed by atoms with Gasteiger partial charge >= 0.3 is 6.36 Å². The van der Waals surface area contributed by atoms with Crippen molar-refractivity contribution in [1.82, 2.24) is 0 Å². The molecule has 0 aliphatic heterocycles. The predicted molar refractivity (Wildman–Crippen MR) is 89.9 cm³/mol. The molecule has 1 N–H and O–H groups in total. The molecule has 0 bridgehead atoms. The van der Waals surface area contributed by atoms with Crippen LogP contribution in [0.25, 0.3) is 0 Å². The predicted octanol–water partition coefficient (Wildman–Crippen LogP) is 4.04. The third kappa shape index (κ3) is 6.23. The maximum absolute atomic E-state index is 12.1. The Morgan fingerprint density at radius 1 is 1.04 bits per heavy atom. The monoisotopic (exact) mass is 407 g/mol. The Hall–Kier alpha value is -2.26. The van der Waals surface area contributed by atoms with Crippen LogP contribution in [-0.4, -0.2) is 26.4 Å². The zero-order valence-electron chi connectivity index (χ0n) is 13.1. The number of sulfone groups is 1. The number of anilines is 1. The van der Waals surface area contributed by atoms with Crippen LogP contribution < -0.4 is 10.1 Å². The van der Waals surface area contributed by atoms with Crippen LogP contribution in [0.15, 0.2) is 53.4 Å². The molecule has 26 heavy (non-hydrogen) atoms. The highest BCUT2D eigenvalue weighted by Crippen LogP contribution is 2.24. The van der Waals surface area contributed by atoms with Gasteiger partial charge in [-0.05, 0) is 48.5 Å². The van der Waals surface area contributed by atoms with E-state index in [0.29, 0.717) is 5.02 Å². The van der Waals surface area contributed by atoms with Gasteiger partial charge in [0.25, 0.3) is 0 Å². The summed E-state index contributed by atoms with van der Waals surface area (Å²) in [6.07, 6.45) is -5.12. The van der Waals surface area contributed by atoms with Crippen LogP contribution in [0, 0.1) is 0 Å². The van der Waals surface area contributed by atoms with Gasteiger partial charge in [-0.25, -0.2) is 8.42 Å². The Morgan fingerprint density at radius 2 is 1.62 bits per heavy atom. The van der Waals surface area contributed by atoms with Crippen molar-refractivity contribution >= 4 is 33.0 Å². The van der Waals surface area contributed by atoms with Gasteiger partial charge in [0.1, 0.15) is 5.75 Å². The number of benzene rings is 2. The Labute approximate surface area is 152 Å². The lowest BCUT2D eigenvalue weighted by Gasteiger charge is -2.10. The fourth-order valence-electron chi connectivity index (χ4n) is 1.95. The van der Waals surface area contributed by atoms with Crippen molar-refractivity contribution in [2.45, 2.75) is 17.7 Å². The van der Waals surface area contributed by atoms with E-state index >= 15 is 0 Å². The number of hydrogen-bond donors (Lipinski definition) is 1. The molecule has 0 aliphatic rings. The minimum atomic E-state index is -4.80. The SMILES string of the molecule is O=C(CCS(=O)(=O)c1ccc(Cl)cc1)Nc1ccc(OC(F)(F)F)cc1. The summed E-state index contributed by atoms with van der Waals surface area (Å²) in [5, 5.41) is 2.79. The van der Waals surface area contributed by atoms with E-state index in [9.17, 15) is 26.4 Å². The molecule has 0 saturated carbocycles. The van der Waals surface area contributed by atoms with Crippen LogP contribution in [-0.2, 0) is 14.6 Å². The summed E-state index contributed by atoms with van der Waals surface area (Å²) in [6, 6.07) is 10.0. The largest absolute Gasteiger partial charge is 0.573 e. The molecule has 0 atom stereocenters. The third-order valence-corrected chi connectivity index (χ3v) is 5.13. The lowest BCUT2D eigenvalue weighted by molar-refractivity contribution is -0.274. The number of alkyl halides is 3. The van der Waals surface area contributed by atoms with E-state index in [1.54, 1.807) is 0 Å². The highest BCUT2D eigenvalue weighted by molar-refractivity contribution is 7.91. The normalized spacial score (nSPS) is 11.8. The molecule has 1 amide bonds. The summed E-state index contributed by atoms with van der Waals surface area (Å²) in [7, 11) is -3.66. The molecule has 0 aliphatic carbocycles. The second-order valence-corrected chi connectivity index (χ2v) is 7.69. The van der Waals surface area contributed by atoms with E-state index in [1.807, 2.05) is 0 Å². The zero-order valence-corrected chi connectivity index (χ0v) is 14.7. The number of carbonyl (C=O) groups is 1. The lowest BCUT2D eigenvalue weighted by Crippen LogP contribution is -2.18. The first-order valence-corrected chi connectivity index (χ1v) is 9.22. The molecule has 0 aromatic heterocycles. The quantitative estimate of drug-likeness (QED) is 0.784. The second kappa shape index (κ2) is 7.96. The van der Waals surface area contributed by atoms with E-state index < -0.39 is 33.6 Å². The highest BCUT2D eigenvalue weighted by atomic mass is 35.5. The van der Waals surface area contributed by atoms with Crippen LogP contribution in [0.5, 0.6) is 5.75 Å². The average Bonchev–Trinajstić information content (AvgIpc) is 2.54. The molecule has 0 radical (unpaired) electrons. The highest BCUT2D eigenvalue weighted by Gasteiger charge is 2.31. The summed E-state index contributed by atoms with van der Waals surface area (Å²) in [5.41, 5.74) is 0.216. The first kappa shape index (κ1) is 20.1. The van der Waals surface area contributed by atoms with Gasteiger partial charge in [0.05, 0.1) is 10.6 Å². The van der Waals surface area contributed by atoms with Gasteiger partial charge in [0.2, 0.25) is 5.91 Å². The molecule has 0 spiro atoms. The maximum atomic E-state index is 12.1. The van der Waals surface area contributed by atoms with Crippen molar-refractivity contribution in [3.05, 3.63) is 53.6 Å². The molecule has 0 heterocycles. The molecule has 0 unspecified atom stereocenters.